The lowest BCUT2D eigenvalue weighted by molar-refractivity contribution is -0.134. The first-order valence-electron chi connectivity index (χ1n) is 8.76. The molecule has 0 aromatic heterocycles. The highest BCUT2D eigenvalue weighted by Crippen LogP contribution is 2.21. The summed E-state index contributed by atoms with van der Waals surface area (Å²) in [5.74, 6) is -1.83. The number of nitrogens with two attached hydrogens (primary N) is 1. The van der Waals surface area contributed by atoms with Crippen LogP contribution in [0, 0.1) is 11.7 Å². The summed E-state index contributed by atoms with van der Waals surface area (Å²) in [5, 5.41) is 2.59. The maximum Gasteiger partial charge on any atom is 0.258 e. The molecule has 0 spiro atoms. The number of hydrogen-bond acceptors (Lipinski definition) is 4. The number of amides is 3. The molecule has 0 unspecified atom stereocenters. The molecule has 0 saturated carbocycles. The van der Waals surface area contributed by atoms with Crippen LogP contribution in [0.5, 0.6) is 0 Å². The van der Waals surface area contributed by atoms with E-state index in [0.29, 0.717) is 13.1 Å². The first-order chi connectivity index (χ1) is 12.7. The fourth-order valence-electron chi connectivity index (χ4n) is 2.71. The second kappa shape index (κ2) is 9.14. The van der Waals surface area contributed by atoms with Crippen molar-refractivity contribution in [3.05, 3.63) is 34.6 Å². The summed E-state index contributed by atoms with van der Waals surface area (Å²) in [5.41, 5.74) is 5.57. The fraction of sp³-hybridized carbons (Fsp3) is 0.500. The molecule has 1 saturated heterocycles. The molecular weight excluding hydrogens is 375 g/mol. The Balaban J connectivity index is 1.87. The zero-order valence-electron chi connectivity index (χ0n) is 15.4. The van der Waals surface area contributed by atoms with E-state index in [9.17, 15) is 18.8 Å². The van der Waals surface area contributed by atoms with E-state index in [0.717, 1.165) is 0 Å². The Bertz CT molecular complexity index is 700. The van der Waals surface area contributed by atoms with Crippen molar-refractivity contribution >= 4 is 29.3 Å². The Hall–Kier alpha value is -2.19. The lowest BCUT2D eigenvalue weighted by Gasteiger charge is -2.35. The van der Waals surface area contributed by atoms with Gasteiger partial charge in [0, 0.05) is 26.2 Å². The molecule has 7 nitrogen and oxygen atoms in total. The van der Waals surface area contributed by atoms with Crippen LogP contribution < -0.4 is 11.1 Å². The first-order valence-corrected chi connectivity index (χ1v) is 9.14. The second-order valence-electron chi connectivity index (χ2n) is 6.76. The monoisotopic (exact) mass is 398 g/mol. The highest BCUT2D eigenvalue weighted by molar-refractivity contribution is 6.33. The van der Waals surface area contributed by atoms with E-state index in [2.05, 4.69) is 5.32 Å². The smallest absolute Gasteiger partial charge is 0.258 e. The minimum atomic E-state index is -0.671. The van der Waals surface area contributed by atoms with Crippen molar-refractivity contribution in [2.75, 3.05) is 32.7 Å². The molecule has 0 bridgehead atoms. The largest absolute Gasteiger partial charge is 0.346 e. The molecule has 27 heavy (non-hydrogen) atoms. The number of carbonyl (C=O) groups is 3. The molecule has 0 radical (unpaired) electrons. The molecule has 1 aliphatic rings. The number of rotatable bonds is 5. The van der Waals surface area contributed by atoms with E-state index < -0.39 is 17.8 Å². The Morgan fingerprint density at radius 2 is 1.78 bits per heavy atom. The Morgan fingerprint density at radius 1 is 1.19 bits per heavy atom. The summed E-state index contributed by atoms with van der Waals surface area (Å²) >= 11 is 5.94. The van der Waals surface area contributed by atoms with Crippen molar-refractivity contribution in [2.24, 2.45) is 11.7 Å². The number of nitrogens with zero attached hydrogens (tertiary/aromatic N) is 2. The highest BCUT2D eigenvalue weighted by Gasteiger charge is 2.28. The van der Waals surface area contributed by atoms with Gasteiger partial charge < -0.3 is 20.9 Å². The number of nitrogens with one attached hydrogen (secondary N) is 1. The number of benzene rings is 1. The molecule has 1 aromatic rings. The van der Waals surface area contributed by atoms with Gasteiger partial charge >= 0.3 is 0 Å². The van der Waals surface area contributed by atoms with Crippen LogP contribution in [0.3, 0.4) is 0 Å². The van der Waals surface area contributed by atoms with Gasteiger partial charge in [0.05, 0.1) is 23.2 Å². The molecule has 1 atom stereocenters. The van der Waals surface area contributed by atoms with Crippen molar-refractivity contribution in [2.45, 2.75) is 19.9 Å². The number of halogens is 2. The third-order valence-corrected chi connectivity index (χ3v) is 4.85. The summed E-state index contributed by atoms with van der Waals surface area (Å²) in [4.78, 5) is 39.6. The van der Waals surface area contributed by atoms with Crippen molar-refractivity contribution < 1.29 is 18.8 Å². The summed E-state index contributed by atoms with van der Waals surface area (Å²) in [7, 11) is 0. The third kappa shape index (κ3) is 5.17. The van der Waals surface area contributed by atoms with Crippen LogP contribution in [0.15, 0.2) is 18.2 Å². The molecular formula is C18H24ClFN4O3. The van der Waals surface area contributed by atoms with Crippen LogP contribution in [0.4, 0.5) is 4.39 Å². The van der Waals surface area contributed by atoms with Crippen LogP contribution in [0.2, 0.25) is 5.02 Å². The van der Waals surface area contributed by atoms with E-state index >= 15 is 0 Å². The number of carbonyl (C=O) groups excluding carboxylic acids is 3. The molecule has 1 fully saturated rings. The van der Waals surface area contributed by atoms with Crippen LogP contribution in [-0.4, -0.2) is 66.3 Å². The third-order valence-electron chi connectivity index (χ3n) is 4.53. The Labute approximate surface area is 162 Å². The van der Waals surface area contributed by atoms with Crippen LogP contribution in [0.25, 0.3) is 0 Å². The summed E-state index contributed by atoms with van der Waals surface area (Å²) < 4.78 is 13.9. The zero-order chi connectivity index (χ0) is 20.1. The van der Waals surface area contributed by atoms with Gasteiger partial charge in [-0.2, -0.15) is 0 Å². The van der Waals surface area contributed by atoms with E-state index in [1.165, 1.54) is 23.1 Å². The lowest BCUT2D eigenvalue weighted by Crippen LogP contribution is -2.54. The van der Waals surface area contributed by atoms with Crippen molar-refractivity contribution in [3.63, 3.8) is 0 Å². The number of hydrogen-bond donors (Lipinski definition) is 2. The normalized spacial score (nSPS) is 15.6. The molecule has 0 aliphatic carbocycles. The Kier molecular flexibility index (Phi) is 7.15. The SMILES string of the molecule is CC(C)[C@H](N)C(=O)NCC(=O)N1CCN(C(=O)c2c(F)cccc2Cl)CC1. The van der Waals surface area contributed by atoms with Crippen LogP contribution >= 0.6 is 11.6 Å². The lowest BCUT2D eigenvalue weighted by atomic mass is 10.1. The molecule has 1 aromatic carbocycles. The van der Waals surface area contributed by atoms with E-state index in [4.69, 9.17) is 17.3 Å². The van der Waals surface area contributed by atoms with Gasteiger partial charge in [-0.05, 0) is 18.1 Å². The topological polar surface area (TPSA) is 95.7 Å². The molecule has 9 heteroatoms. The molecule has 3 amide bonds. The van der Waals surface area contributed by atoms with Crippen LogP contribution in [0.1, 0.15) is 24.2 Å². The zero-order valence-corrected chi connectivity index (χ0v) is 16.1. The maximum absolute atomic E-state index is 13.9. The van der Waals surface area contributed by atoms with Gasteiger partial charge in [0.25, 0.3) is 5.91 Å². The first kappa shape index (κ1) is 21.1. The molecule has 3 N–H and O–H groups in total. The second-order valence-corrected chi connectivity index (χ2v) is 7.16. The molecule has 148 valence electrons. The maximum atomic E-state index is 13.9. The molecule has 2 rings (SSSR count). The average Bonchev–Trinajstić information content (AvgIpc) is 2.64. The van der Waals surface area contributed by atoms with Gasteiger partial charge in [0.15, 0.2) is 0 Å². The van der Waals surface area contributed by atoms with Gasteiger partial charge in [0.1, 0.15) is 5.82 Å². The number of piperazine rings is 1. The van der Waals surface area contributed by atoms with E-state index in [1.807, 2.05) is 13.8 Å². The van der Waals surface area contributed by atoms with Crippen molar-refractivity contribution in [1.82, 2.24) is 15.1 Å². The summed E-state index contributed by atoms with van der Waals surface area (Å²) in [6, 6.07) is 3.41. The van der Waals surface area contributed by atoms with Gasteiger partial charge in [-0.3, -0.25) is 14.4 Å². The van der Waals surface area contributed by atoms with Crippen LogP contribution in [-0.2, 0) is 9.59 Å². The Morgan fingerprint density at radius 3 is 2.33 bits per heavy atom. The van der Waals surface area contributed by atoms with E-state index in [1.54, 1.807) is 4.90 Å². The predicted molar refractivity (Wildman–Crippen MR) is 99.7 cm³/mol. The quantitative estimate of drug-likeness (QED) is 0.769. The van der Waals surface area contributed by atoms with Crippen molar-refractivity contribution in [1.29, 1.82) is 0 Å². The molecule has 1 heterocycles. The predicted octanol–water partition coefficient (Wildman–Crippen LogP) is 0.863. The molecule has 1 aliphatic heterocycles. The van der Waals surface area contributed by atoms with Gasteiger partial charge in [0.2, 0.25) is 11.8 Å². The van der Waals surface area contributed by atoms with Gasteiger partial charge in [-0.25, -0.2) is 4.39 Å². The summed E-state index contributed by atoms with van der Waals surface area (Å²) in [6.45, 7) is 4.61. The minimum Gasteiger partial charge on any atom is -0.346 e. The fourth-order valence-corrected chi connectivity index (χ4v) is 2.96. The van der Waals surface area contributed by atoms with Gasteiger partial charge in [-0.1, -0.05) is 31.5 Å². The van der Waals surface area contributed by atoms with E-state index in [-0.39, 0.29) is 48.0 Å². The average molecular weight is 399 g/mol. The highest BCUT2D eigenvalue weighted by atomic mass is 35.5. The minimum absolute atomic E-state index is 0.0279. The van der Waals surface area contributed by atoms with Crippen molar-refractivity contribution in [3.8, 4) is 0 Å². The summed E-state index contributed by atoms with van der Waals surface area (Å²) in [6.07, 6.45) is 0. The van der Waals surface area contributed by atoms with Gasteiger partial charge in [-0.15, -0.1) is 0 Å². The standard InChI is InChI=1S/C18H24ClFN4O3/c1-11(2)16(21)17(26)22-10-14(25)23-6-8-24(9-7-23)18(27)15-12(19)4-3-5-13(15)20/h3-5,11,16H,6-10,21H2,1-2H3,(H,22,26)/t16-/m0/s1.